The van der Waals surface area contributed by atoms with Crippen molar-refractivity contribution in [1.82, 2.24) is 19.3 Å². The van der Waals surface area contributed by atoms with Gasteiger partial charge in [-0.2, -0.15) is 4.37 Å². The van der Waals surface area contributed by atoms with Crippen LogP contribution in [-0.2, 0) is 0 Å². The van der Waals surface area contributed by atoms with Crippen molar-refractivity contribution < 1.29 is 4.74 Å². The van der Waals surface area contributed by atoms with Gasteiger partial charge >= 0.3 is 0 Å². The fourth-order valence-corrected chi connectivity index (χ4v) is 3.59. The van der Waals surface area contributed by atoms with E-state index in [2.05, 4.69) is 24.6 Å². The summed E-state index contributed by atoms with van der Waals surface area (Å²) in [5, 5.41) is 4.75. The Morgan fingerprint density at radius 3 is 2.63 bits per heavy atom. The van der Waals surface area contributed by atoms with Gasteiger partial charge in [0.2, 0.25) is 5.13 Å². The highest BCUT2D eigenvalue weighted by Crippen LogP contribution is 2.35. The first kappa shape index (κ1) is 17.4. The van der Waals surface area contributed by atoms with Crippen LogP contribution < -0.4 is 10.1 Å². The maximum Gasteiger partial charge on any atom is 0.208 e. The van der Waals surface area contributed by atoms with Gasteiger partial charge in [-0.1, -0.05) is 36.0 Å². The predicted molar refractivity (Wildman–Crippen MR) is 107 cm³/mol. The number of hydrogen-bond donors (Lipinski definition) is 1. The molecule has 0 aliphatic rings. The minimum absolute atomic E-state index is 0.584. The standard InChI is InChI=1S/C19H15N5OS2/c1-13-22-19(27-24-13)23-18-16(25-14-7-3-2-4-8-14)11-15(12-21-18)26-17-9-5-6-10-20-17/h2-12H,1H3,(H,21,22,23,24). The number of rotatable bonds is 6. The molecule has 0 amide bonds. The van der Waals surface area contributed by atoms with Crippen LogP contribution in [-0.4, -0.2) is 19.3 Å². The molecular formula is C19H15N5OS2. The first-order valence-corrected chi connectivity index (χ1v) is 9.74. The highest BCUT2D eigenvalue weighted by molar-refractivity contribution is 7.99. The average molecular weight is 393 g/mol. The van der Waals surface area contributed by atoms with E-state index in [4.69, 9.17) is 4.74 Å². The molecule has 0 spiro atoms. The molecule has 0 aliphatic heterocycles. The van der Waals surface area contributed by atoms with Crippen LogP contribution >= 0.6 is 23.3 Å². The lowest BCUT2D eigenvalue weighted by molar-refractivity contribution is 0.481. The molecule has 8 heteroatoms. The van der Waals surface area contributed by atoms with Gasteiger partial charge in [0, 0.05) is 34.9 Å². The second kappa shape index (κ2) is 8.15. The fraction of sp³-hybridized carbons (Fsp3) is 0.0526. The molecular weight excluding hydrogens is 378 g/mol. The quantitative estimate of drug-likeness (QED) is 0.475. The Hall–Kier alpha value is -2.97. The first-order valence-electron chi connectivity index (χ1n) is 8.15. The molecule has 1 aromatic carbocycles. The van der Waals surface area contributed by atoms with Crippen molar-refractivity contribution in [1.29, 1.82) is 0 Å². The van der Waals surface area contributed by atoms with Gasteiger partial charge in [0.25, 0.3) is 0 Å². The number of para-hydroxylation sites is 1. The molecule has 0 radical (unpaired) electrons. The SMILES string of the molecule is Cc1nsc(Nc2ncc(Sc3ccccn3)cc2Oc2ccccc2)n1. The molecule has 3 heterocycles. The third-order valence-electron chi connectivity index (χ3n) is 3.41. The van der Waals surface area contributed by atoms with E-state index >= 15 is 0 Å². The number of pyridine rings is 2. The minimum Gasteiger partial charge on any atom is -0.453 e. The number of nitrogens with zero attached hydrogens (tertiary/aromatic N) is 4. The Labute approximate surface area is 164 Å². The largest absolute Gasteiger partial charge is 0.453 e. The van der Waals surface area contributed by atoms with E-state index in [9.17, 15) is 0 Å². The molecule has 0 atom stereocenters. The third-order valence-corrected chi connectivity index (χ3v) is 5.04. The molecule has 0 aliphatic carbocycles. The van der Waals surface area contributed by atoms with Gasteiger partial charge in [0.1, 0.15) is 16.6 Å². The summed E-state index contributed by atoms with van der Waals surface area (Å²) in [6.45, 7) is 1.85. The Morgan fingerprint density at radius 1 is 1.04 bits per heavy atom. The van der Waals surface area contributed by atoms with Gasteiger partial charge in [-0.15, -0.1) is 0 Å². The zero-order chi connectivity index (χ0) is 18.5. The van der Waals surface area contributed by atoms with Crippen molar-refractivity contribution in [3.8, 4) is 11.5 Å². The summed E-state index contributed by atoms with van der Waals surface area (Å²) >= 11 is 2.81. The van der Waals surface area contributed by atoms with Gasteiger partial charge < -0.3 is 10.1 Å². The Kier molecular flexibility index (Phi) is 5.27. The smallest absolute Gasteiger partial charge is 0.208 e. The lowest BCUT2D eigenvalue weighted by Crippen LogP contribution is -1.97. The zero-order valence-electron chi connectivity index (χ0n) is 14.4. The van der Waals surface area contributed by atoms with Crippen LogP contribution in [0.15, 0.2) is 76.9 Å². The monoisotopic (exact) mass is 393 g/mol. The van der Waals surface area contributed by atoms with Gasteiger partial charge in [-0.3, -0.25) is 0 Å². The van der Waals surface area contributed by atoms with Gasteiger partial charge in [-0.05, 0) is 31.2 Å². The summed E-state index contributed by atoms with van der Waals surface area (Å²) in [6.07, 6.45) is 3.55. The van der Waals surface area contributed by atoms with E-state index in [1.165, 1.54) is 23.3 Å². The molecule has 0 saturated heterocycles. The molecule has 0 bridgehead atoms. The molecule has 0 fully saturated rings. The van der Waals surface area contributed by atoms with Crippen LogP contribution in [0.2, 0.25) is 0 Å². The molecule has 1 N–H and O–H groups in total. The van der Waals surface area contributed by atoms with Gasteiger partial charge in [-0.25, -0.2) is 15.0 Å². The summed E-state index contributed by atoms with van der Waals surface area (Å²) in [7, 11) is 0. The van der Waals surface area contributed by atoms with Crippen LogP contribution in [0.4, 0.5) is 10.9 Å². The van der Waals surface area contributed by atoms with E-state index in [1.807, 2.05) is 61.5 Å². The zero-order valence-corrected chi connectivity index (χ0v) is 16.0. The average Bonchev–Trinajstić information content (AvgIpc) is 3.10. The maximum atomic E-state index is 6.06. The Morgan fingerprint density at radius 2 is 1.89 bits per heavy atom. The van der Waals surface area contributed by atoms with Crippen LogP contribution in [0.3, 0.4) is 0 Å². The van der Waals surface area contributed by atoms with Crippen LogP contribution in [0, 0.1) is 6.92 Å². The molecule has 0 saturated carbocycles. The van der Waals surface area contributed by atoms with E-state index < -0.39 is 0 Å². The van der Waals surface area contributed by atoms with Crippen LogP contribution in [0.25, 0.3) is 0 Å². The normalized spacial score (nSPS) is 10.6. The van der Waals surface area contributed by atoms with E-state index in [1.54, 1.807) is 12.4 Å². The van der Waals surface area contributed by atoms with Crippen molar-refractivity contribution in [3.63, 3.8) is 0 Å². The lowest BCUT2D eigenvalue weighted by Gasteiger charge is -2.12. The van der Waals surface area contributed by atoms with E-state index in [-0.39, 0.29) is 0 Å². The summed E-state index contributed by atoms with van der Waals surface area (Å²) in [6, 6.07) is 17.3. The molecule has 4 aromatic rings. The minimum atomic E-state index is 0.584. The van der Waals surface area contributed by atoms with Gasteiger partial charge in [0.05, 0.1) is 0 Å². The molecule has 4 rings (SSSR count). The number of aryl methyl sites for hydroxylation is 1. The second-order valence-corrected chi connectivity index (χ2v) is 7.32. The molecule has 0 unspecified atom stereocenters. The fourth-order valence-electron chi connectivity index (χ4n) is 2.25. The predicted octanol–water partition coefficient (Wildman–Crippen LogP) is 5.32. The molecule has 27 heavy (non-hydrogen) atoms. The van der Waals surface area contributed by atoms with E-state index in [0.29, 0.717) is 16.7 Å². The lowest BCUT2D eigenvalue weighted by atomic mass is 10.3. The Bertz CT molecular complexity index is 1020. The molecule has 134 valence electrons. The van der Waals surface area contributed by atoms with Crippen molar-refractivity contribution in [2.75, 3.05) is 5.32 Å². The summed E-state index contributed by atoms with van der Waals surface area (Å²) < 4.78 is 10.3. The van der Waals surface area contributed by atoms with E-state index in [0.717, 1.165) is 21.5 Å². The summed E-state index contributed by atoms with van der Waals surface area (Å²) in [4.78, 5) is 14.1. The van der Waals surface area contributed by atoms with Crippen molar-refractivity contribution in [2.45, 2.75) is 16.8 Å². The van der Waals surface area contributed by atoms with Crippen molar-refractivity contribution >= 4 is 34.2 Å². The highest BCUT2D eigenvalue weighted by atomic mass is 32.2. The highest BCUT2D eigenvalue weighted by Gasteiger charge is 2.12. The summed E-state index contributed by atoms with van der Waals surface area (Å²) in [5.41, 5.74) is 0. The number of anilines is 2. The number of hydrogen-bond acceptors (Lipinski definition) is 8. The molecule has 3 aromatic heterocycles. The van der Waals surface area contributed by atoms with Crippen molar-refractivity contribution in [2.24, 2.45) is 0 Å². The third kappa shape index (κ3) is 4.60. The first-order chi connectivity index (χ1) is 13.3. The van der Waals surface area contributed by atoms with Gasteiger partial charge in [0.15, 0.2) is 11.6 Å². The summed E-state index contributed by atoms with van der Waals surface area (Å²) in [5.74, 6) is 2.64. The molecule has 6 nitrogen and oxygen atoms in total. The maximum absolute atomic E-state index is 6.06. The van der Waals surface area contributed by atoms with Crippen LogP contribution in [0.5, 0.6) is 11.5 Å². The topological polar surface area (TPSA) is 72.8 Å². The second-order valence-electron chi connectivity index (χ2n) is 5.47. The number of benzene rings is 1. The van der Waals surface area contributed by atoms with Crippen molar-refractivity contribution in [3.05, 3.63) is 72.8 Å². The Balaban J connectivity index is 1.64. The number of nitrogens with one attached hydrogen (secondary N) is 1. The number of aromatic nitrogens is 4. The number of ether oxygens (including phenoxy) is 1. The van der Waals surface area contributed by atoms with Crippen LogP contribution in [0.1, 0.15) is 5.82 Å².